The van der Waals surface area contributed by atoms with Gasteiger partial charge in [-0.25, -0.2) is 4.98 Å². The minimum atomic E-state index is -0.755. The van der Waals surface area contributed by atoms with Gasteiger partial charge in [0.15, 0.2) is 22.1 Å². The number of benzene rings is 2. The molecule has 30 heavy (non-hydrogen) atoms. The van der Waals surface area contributed by atoms with Gasteiger partial charge < -0.3 is 14.3 Å². The van der Waals surface area contributed by atoms with Gasteiger partial charge in [0.1, 0.15) is 5.58 Å². The van der Waals surface area contributed by atoms with E-state index in [1.807, 2.05) is 13.0 Å². The third-order valence-electron chi connectivity index (χ3n) is 5.17. The first-order valence-corrected chi connectivity index (χ1v) is 10.0. The number of amides is 1. The number of fused-ring (bicyclic) bond motifs is 2. The molecule has 0 aliphatic carbocycles. The Kier molecular flexibility index (Phi) is 4.11. The molecule has 1 amide bonds. The molecule has 0 saturated heterocycles. The number of carbonyl (C=O) groups is 1. The maximum Gasteiger partial charge on any atom is 0.297 e. The van der Waals surface area contributed by atoms with Crippen molar-refractivity contribution in [3.05, 3.63) is 80.6 Å². The Bertz CT molecular complexity index is 1360. The number of hydrogen-bond donors (Lipinski definition) is 1. The van der Waals surface area contributed by atoms with E-state index in [0.29, 0.717) is 21.7 Å². The topological polar surface area (TPSA) is 92.9 Å². The van der Waals surface area contributed by atoms with Crippen molar-refractivity contribution in [2.45, 2.75) is 13.0 Å². The van der Waals surface area contributed by atoms with E-state index in [1.54, 1.807) is 35.8 Å². The molecule has 0 bridgehead atoms. The molecule has 1 N–H and O–H groups in total. The molecule has 1 aliphatic heterocycles. The molecule has 0 unspecified atom stereocenters. The Labute approximate surface area is 174 Å². The van der Waals surface area contributed by atoms with Crippen LogP contribution in [0.2, 0.25) is 0 Å². The molecule has 0 fully saturated rings. The highest BCUT2D eigenvalue weighted by Crippen LogP contribution is 2.43. The molecule has 5 rings (SSSR count). The molecule has 3 heterocycles. The average Bonchev–Trinajstić information content (AvgIpc) is 3.36. The number of ether oxygens (including phenoxy) is 1. The number of rotatable bonds is 3. The van der Waals surface area contributed by atoms with Crippen molar-refractivity contribution in [3.63, 3.8) is 0 Å². The van der Waals surface area contributed by atoms with Crippen LogP contribution >= 0.6 is 11.3 Å². The Morgan fingerprint density at radius 1 is 1.20 bits per heavy atom. The second-order valence-corrected chi connectivity index (χ2v) is 7.87. The van der Waals surface area contributed by atoms with Crippen LogP contribution in [0, 0.1) is 6.92 Å². The van der Waals surface area contributed by atoms with Gasteiger partial charge in [-0.3, -0.25) is 14.5 Å². The van der Waals surface area contributed by atoms with Crippen molar-refractivity contribution in [2.75, 3.05) is 12.0 Å². The Morgan fingerprint density at radius 3 is 2.77 bits per heavy atom. The largest absolute Gasteiger partial charge is 0.504 e. The lowest BCUT2D eigenvalue weighted by atomic mass is 9.98. The van der Waals surface area contributed by atoms with Crippen LogP contribution in [0.1, 0.15) is 33.3 Å². The molecular weight excluding hydrogens is 404 g/mol. The van der Waals surface area contributed by atoms with Crippen LogP contribution in [0.5, 0.6) is 11.5 Å². The summed E-state index contributed by atoms with van der Waals surface area (Å²) >= 11 is 1.29. The molecule has 8 heteroatoms. The van der Waals surface area contributed by atoms with Crippen LogP contribution in [0.4, 0.5) is 5.13 Å². The van der Waals surface area contributed by atoms with Gasteiger partial charge in [-0.2, -0.15) is 0 Å². The summed E-state index contributed by atoms with van der Waals surface area (Å²) in [6.07, 6.45) is 1.60. The van der Waals surface area contributed by atoms with Gasteiger partial charge in [-0.05, 0) is 36.8 Å². The third-order valence-corrected chi connectivity index (χ3v) is 5.94. The summed E-state index contributed by atoms with van der Waals surface area (Å²) in [6, 6.07) is 9.28. The van der Waals surface area contributed by atoms with E-state index in [-0.39, 0.29) is 28.3 Å². The van der Waals surface area contributed by atoms with Crippen molar-refractivity contribution in [1.82, 2.24) is 4.98 Å². The van der Waals surface area contributed by atoms with Crippen molar-refractivity contribution in [1.29, 1.82) is 0 Å². The fourth-order valence-corrected chi connectivity index (χ4v) is 4.47. The first kappa shape index (κ1) is 18.4. The number of phenols is 1. The van der Waals surface area contributed by atoms with Gasteiger partial charge >= 0.3 is 0 Å². The second-order valence-electron chi connectivity index (χ2n) is 7.00. The summed E-state index contributed by atoms with van der Waals surface area (Å²) in [6.45, 7) is 1.89. The zero-order valence-electron chi connectivity index (χ0n) is 16.1. The zero-order chi connectivity index (χ0) is 21.0. The summed E-state index contributed by atoms with van der Waals surface area (Å²) in [5.41, 5.74) is 1.87. The van der Waals surface area contributed by atoms with Gasteiger partial charge in [-0.15, -0.1) is 11.3 Å². The Balaban J connectivity index is 1.83. The van der Waals surface area contributed by atoms with Gasteiger partial charge in [0.25, 0.3) is 5.91 Å². The smallest absolute Gasteiger partial charge is 0.297 e. The van der Waals surface area contributed by atoms with Gasteiger partial charge in [0.05, 0.1) is 24.1 Å². The summed E-state index contributed by atoms with van der Waals surface area (Å²) in [5.74, 6) is -0.221. The second kappa shape index (κ2) is 6.70. The Hall–Kier alpha value is -3.65. The number of thiazole rings is 1. The first-order valence-electron chi connectivity index (χ1n) is 9.17. The van der Waals surface area contributed by atoms with Crippen molar-refractivity contribution in [2.24, 2.45) is 0 Å². The molecular formula is C22H16N2O5S. The number of hydrogen-bond acceptors (Lipinski definition) is 7. The van der Waals surface area contributed by atoms with Crippen LogP contribution in [0.3, 0.4) is 0 Å². The summed E-state index contributed by atoms with van der Waals surface area (Å²) < 4.78 is 11.2. The predicted octanol–water partition coefficient (Wildman–Crippen LogP) is 4.02. The number of phenolic OH excluding ortho intramolecular Hbond substituents is 1. The number of anilines is 1. The molecule has 4 aromatic rings. The van der Waals surface area contributed by atoms with E-state index in [0.717, 1.165) is 5.56 Å². The van der Waals surface area contributed by atoms with Gasteiger partial charge in [-0.1, -0.05) is 17.7 Å². The van der Waals surface area contributed by atoms with E-state index >= 15 is 0 Å². The number of nitrogens with zero attached hydrogens (tertiary/aromatic N) is 2. The number of methoxy groups -OCH3 is 1. The molecule has 2 aromatic carbocycles. The van der Waals surface area contributed by atoms with E-state index in [1.165, 1.54) is 29.4 Å². The fourth-order valence-electron chi connectivity index (χ4n) is 3.80. The van der Waals surface area contributed by atoms with Gasteiger partial charge in [0.2, 0.25) is 5.76 Å². The lowest BCUT2D eigenvalue weighted by Crippen LogP contribution is -2.29. The van der Waals surface area contributed by atoms with Crippen molar-refractivity contribution >= 4 is 33.3 Å². The quantitative estimate of drug-likeness (QED) is 0.538. The maximum absolute atomic E-state index is 13.5. The van der Waals surface area contributed by atoms with Crippen LogP contribution < -0.4 is 15.1 Å². The van der Waals surface area contributed by atoms with E-state index in [4.69, 9.17) is 9.15 Å². The molecule has 7 nitrogen and oxygen atoms in total. The highest BCUT2D eigenvalue weighted by molar-refractivity contribution is 7.13. The van der Waals surface area contributed by atoms with Crippen molar-refractivity contribution in [3.8, 4) is 11.5 Å². The SMILES string of the molecule is COc1cc([C@H]2c3c(oc4ccc(C)cc4c3=O)C(=O)N2c2nccs2)ccc1O. The molecule has 1 aliphatic rings. The lowest BCUT2D eigenvalue weighted by Gasteiger charge is -2.23. The van der Waals surface area contributed by atoms with E-state index in [9.17, 15) is 14.7 Å². The average molecular weight is 420 g/mol. The monoisotopic (exact) mass is 420 g/mol. The molecule has 0 saturated carbocycles. The van der Waals surface area contributed by atoms with E-state index < -0.39 is 11.9 Å². The zero-order valence-corrected chi connectivity index (χ0v) is 16.9. The van der Waals surface area contributed by atoms with Crippen molar-refractivity contribution < 1.29 is 19.1 Å². The van der Waals surface area contributed by atoms with Crippen LogP contribution in [0.25, 0.3) is 11.0 Å². The Morgan fingerprint density at radius 2 is 2.03 bits per heavy atom. The molecule has 2 aromatic heterocycles. The number of carbonyl (C=O) groups excluding carboxylic acids is 1. The number of aryl methyl sites for hydroxylation is 1. The highest BCUT2D eigenvalue weighted by atomic mass is 32.1. The highest BCUT2D eigenvalue weighted by Gasteiger charge is 2.44. The minimum absolute atomic E-state index is 0.00333. The van der Waals surface area contributed by atoms with Gasteiger partial charge in [0, 0.05) is 11.6 Å². The third kappa shape index (κ3) is 2.61. The molecule has 150 valence electrons. The number of aromatic nitrogens is 1. The molecule has 0 spiro atoms. The maximum atomic E-state index is 13.5. The summed E-state index contributed by atoms with van der Waals surface area (Å²) in [7, 11) is 1.44. The summed E-state index contributed by atoms with van der Waals surface area (Å²) in [4.78, 5) is 32.6. The molecule has 0 radical (unpaired) electrons. The lowest BCUT2D eigenvalue weighted by molar-refractivity contribution is 0.0971. The molecule has 1 atom stereocenters. The van der Waals surface area contributed by atoms with Crippen LogP contribution in [-0.4, -0.2) is 23.1 Å². The van der Waals surface area contributed by atoms with E-state index in [2.05, 4.69) is 4.98 Å². The first-order chi connectivity index (χ1) is 14.5. The number of aromatic hydroxyl groups is 1. The van der Waals surface area contributed by atoms with Crippen LogP contribution in [-0.2, 0) is 0 Å². The summed E-state index contributed by atoms with van der Waals surface area (Å²) in [5, 5.41) is 12.6. The predicted molar refractivity (Wildman–Crippen MR) is 113 cm³/mol. The van der Waals surface area contributed by atoms with Crippen LogP contribution in [0.15, 0.2) is 57.2 Å². The normalized spacial score (nSPS) is 15.6. The standard InChI is InChI=1S/C22H16N2O5S/c1-11-3-6-15-13(9-11)19(26)17-18(12-4-5-14(25)16(10-12)28-2)24(21(27)20(17)29-15)22-23-7-8-30-22/h3-10,18,25H,1-2H3/t18-/m0/s1. The fraction of sp³-hybridized carbons (Fsp3) is 0.136. The minimum Gasteiger partial charge on any atom is -0.504 e.